The number of urea groups is 1. The molecule has 0 aliphatic carbocycles. The van der Waals surface area contributed by atoms with E-state index < -0.39 is 17.5 Å². The molecule has 0 saturated heterocycles. The van der Waals surface area contributed by atoms with Crippen molar-refractivity contribution in [1.29, 1.82) is 0 Å². The van der Waals surface area contributed by atoms with Crippen LogP contribution in [0.5, 0.6) is 0 Å². The lowest BCUT2D eigenvalue weighted by Gasteiger charge is -2.30. The fourth-order valence-corrected chi connectivity index (χ4v) is 3.98. The molecule has 0 spiro atoms. The third kappa shape index (κ3) is 6.78. The van der Waals surface area contributed by atoms with Gasteiger partial charge >= 0.3 is 12.0 Å². The number of nitrogens with one attached hydrogen (secondary N) is 2. The number of carbonyl (C=O) groups excluding carboxylic acids is 2. The minimum atomic E-state index is -0.934. The third-order valence-electron chi connectivity index (χ3n) is 4.30. The fourth-order valence-electron chi connectivity index (χ4n) is 2.90. The smallest absolute Gasteiger partial charge is 0.319 e. The van der Waals surface area contributed by atoms with Crippen LogP contribution in [0.4, 0.5) is 10.5 Å². The summed E-state index contributed by atoms with van der Waals surface area (Å²) in [7, 11) is 1.33. The van der Waals surface area contributed by atoms with Crippen LogP contribution in [0.2, 0.25) is 0 Å². The van der Waals surface area contributed by atoms with Crippen molar-refractivity contribution in [2.45, 2.75) is 56.2 Å². The number of anilines is 1. The predicted octanol–water partition coefficient (Wildman–Crippen LogP) is 4.88. The van der Waals surface area contributed by atoms with Gasteiger partial charge in [-0.2, -0.15) is 0 Å². The van der Waals surface area contributed by atoms with Crippen molar-refractivity contribution in [2.75, 3.05) is 12.4 Å². The molecular weight excluding hydrogens is 386 g/mol. The zero-order chi connectivity index (χ0) is 21.7. The Morgan fingerprint density at radius 1 is 1.10 bits per heavy atom. The summed E-state index contributed by atoms with van der Waals surface area (Å²) in [5.41, 5.74) is 1.52. The van der Waals surface area contributed by atoms with Crippen LogP contribution in [-0.2, 0) is 15.1 Å². The van der Waals surface area contributed by atoms with Crippen molar-refractivity contribution in [1.82, 2.24) is 10.3 Å². The number of methoxy groups -OCH3 is 1. The van der Waals surface area contributed by atoms with Crippen molar-refractivity contribution in [3.8, 4) is 0 Å². The Balaban J connectivity index is 2.17. The molecule has 1 atom stereocenters. The molecule has 1 heterocycles. The highest BCUT2D eigenvalue weighted by atomic mass is 32.2. The number of hydrogen-bond acceptors (Lipinski definition) is 5. The average molecular weight is 416 g/mol. The second kappa shape index (κ2) is 9.31. The molecule has 156 valence electrons. The highest BCUT2D eigenvalue weighted by molar-refractivity contribution is 8.00. The van der Waals surface area contributed by atoms with Crippen LogP contribution in [0.25, 0.3) is 0 Å². The van der Waals surface area contributed by atoms with Crippen LogP contribution < -0.4 is 10.6 Å². The van der Waals surface area contributed by atoms with E-state index in [1.807, 2.05) is 19.1 Å². The van der Waals surface area contributed by atoms with Crippen molar-refractivity contribution in [3.63, 3.8) is 0 Å². The van der Waals surface area contributed by atoms with E-state index in [0.717, 1.165) is 21.7 Å². The number of amides is 2. The average Bonchev–Trinajstić information content (AvgIpc) is 2.63. The Morgan fingerprint density at radius 3 is 2.31 bits per heavy atom. The third-order valence-corrected chi connectivity index (χ3v) is 5.40. The predicted molar refractivity (Wildman–Crippen MR) is 117 cm³/mol. The number of rotatable bonds is 6. The van der Waals surface area contributed by atoms with Crippen LogP contribution in [0.3, 0.4) is 0 Å². The molecule has 6 nitrogen and oxygen atoms in total. The molecule has 0 saturated carbocycles. The highest BCUT2D eigenvalue weighted by Crippen LogP contribution is 2.33. The number of pyridine rings is 1. The van der Waals surface area contributed by atoms with Gasteiger partial charge in [0.2, 0.25) is 0 Å². The molecule has 2 rings (SSSR count). The first kappa shape index (κ1) is 22.7. The Kier molecular flexibility index (Phi) is 7.30. The molecule has 29 heavy (non-hydrogen) atoms. The first-order chi connectivity index (χ1) is 13.5. The summed E-state index contributed by atoms with van der Waals surface area (Å²) in [6.07, 6.45) is 3.25. The van der Waals surface area contributed by atoms with E-state index in [0.29, 0.717) is 0 Å². The highest BCUT2D eigenvalue weighted by Gasteiger charge is 2.32. The normalized spacial score (nSPS) is 13.3. The number of ether oxygens (including phenoxy) is 1. The Labute approximate surface area is 176 Å². The van der Waals surface area contributed by atoms with E-state index in [-0.39, 0.29) is 11.2 Å². The van der Waals surface area contributed by atoms with E-state index in [1.165, 1.54) is 7.11 Å². The first-order valence-corrected chi connectivity index (χ1v) is 10.2. The summed E-state index contributed by atoms with van der Waals surface area (Å²) in [6.45, 7) is 10.2. The van der Waals surface area contributed by atoms with E-state index in [1.54, 1.807) is 43.2 Å². The summed E-state index contributed by atoms with van der Waals surface area (Å²) >= 11 is 1.77. The molecule has 0 bridgehead atoms. The number of benzene rings is 1. The number of carbonyl (C=O) groups is 2. The Bertz CT molecular complexity index is 865. The second-order valence-corrected chi connectivity index (χ2v) is 9.99. The number of aryl methyl sites for hydroxylation is 1. The second-order valence-electron chi connectivity index (χ2n) is 8.09. The molecular formula is C22H29N3O3S. The van der Waals surface area contributed by atoms with Gasteiger partial charge in [-0.15, -0.1) is 11.8 Å². The van der Waals surface area contributed by atoms with Crippen LogP contribution >= 0.6 is 11.8 Å². The Hall–Kier alpha value is -2.54. The lowest BCUT2D eigenvalue weighted by atomic mass is 9.89. The maximum absolute atomic E-state index is 12.7. The van der Waals surface area contributed by atoms with Gasteiger partial charge in [0, 0.05) is 27.7 Å². The number of nitrogens with zero attached hydrogens (tertiary/aromatic N) is 1. The molecule has 7 heteroatoms. The lowest BCUT2D eigenvalue weighted by Crippen LogP contribution is -2.47. The summed E-state index contributed by atoms with van der Waals surface area (Å²) in [4.78, 5) is 29.8. The van der Waals surface area contributed by atoms with Crippen molar-refractivity contribution in [3.05, 3.63) is 53.9 Å². The van der Waals surface area contributed by atoms with Crippen molar-refractivity contribution in [2.24, 2.45) is 0 Å². The van der Waals surface area contributed by atoms with Gasteiger partial charge in [0.05, 0.1) is 19.1 Å². The molecule has 2 aromatic rings. The molecule has 0 radical (unpaired) electrons. The molecule has 0 fully saturated rings. The summed E-state index contributed by atoms with van der Waals surface area (Å²) in [5, 5.41) is 5.81. The van der Waals surface area contributed by atoms with Gasteiger partial charge in [0.1, 0.15) is 0 Å². The van der Waals surface area contributed by atoms with Crippen molar-refractivity contribution >= 4 is 29.4 Å². The van der Waals surface area contributed by atoms with Crippen LogP contribution in [0, 0.1) is 6.92 Å². The van der Waals surface area contributed by atoms with Gasteiger partial charge in [0.15, 0.2) is 0 Å². The van der Waals surface area contributed by atoms with Crippen LogP contribution in [-0.4, -0.2) is 28.8 Å². The molecule has 0 aliphatic rings. The lowest BCUT2D eigenvalue weighted by molar-refractivity contribution is -0.142. The fraction of sp³-hybridized carbons (Fsp3) is 0.409. The minimum absolute atomic E-state index is 0.00107. The zero-order valence-electron chi connectivity index (χ0n) is 17.8. The summed E-state index contributed by atoms with van der Waals surface area (Å²) in [5.74, 6) is -0.413. The standard InChI is InChI=1S/C22H29N3O3S/c1-15-13-17(29-21(2,3)4)7-8-18(15)24-20(27)25-22(5,14-19(26)28-6)16-9-11-23-12-10-16/h7-13H,14H2,1-6H3,(H2,24,25,27). The molecule has 1 aromatic heterocycles. The van der Waals surface area contributed by atoms with Gasteiger partial charge in [-0.05, 0) is 55.3 Å². The zero-order valence-corrected chi connectivity index (χ0v) is 18.6. The maximum atomic E-state index is 12.7. The monoisotopic (exact) mass is 415 g/mol. The number of hydrogen-bond donors (Lipinski definition) is 2. The van der Waals surface area contributed by atoms with Gasteiger partial charge in [0.25, 0.3) is 0 Å². The maximum Gasteiger partial charge on any atom is 0.319 e. The van der Waals surface area contributed by atoms with E-state index in [4.69, 9.17) is 4.74 Å². The number of esters is 1. The number of thioether (sulfide) groups is 1. The topological polar surface area (TPSA) is 80.3 Å². The SMILES string of the molecule is COC(=O)CC(C)(NC(=O)Nc1ccc(SC(C)(C)C)cc1C)c1ccncc1. The molecule has 0 aliphatic heterocycles. The summed E-state index contributed by atoms with van der Waals surface area (Å²) in [6, 6.07) is 9.09. The molecule has 2 amide bonds. The van der Waals surface area contributed by atoms with Gasteiger partial charge in [-0.25, -0.2) is 4.79 Å². The molecule has 1 unspecified atom stereocenters. The van der Waals surface area contributed by atoms with E-state index in [9.17, 15) is 9.59 Å². The Morgan fingerprint density at radius 2 is 1.76 bits per heavy atom. The van der Waals surface area contributed by atoms with Crippen molar-refractivity contribution < 1.29 is 14.3 Å². The van der Waals surface area contributed by atoms with Gasteiger partial charge < -0.3 is 15.4 Å². The van der Waals surface area contributed by atoms with Gasteiger partial charge in [-0.1, -0.05) is 20.8 Å². The molecule has 2 N–H and O–H groups in total. The largest absolute Gasteiger partial charge is 0.469 e. The quantitative estimate of drug-likeness (QED) is 0.519. The minimum Gasteiger partial charge on any atom is -0.469 e. The first-order valence-electron chi connectivity index (χ1n) is 9.38. The van der Waals surface area contributed by atoms with E-state index in [2.05, 4.69) is 42.5 Å². The van der Waals surface area contributed by atoms with E-state index >= 15 is 0 Å². The van der Waals surface area contributed by atoms with Crippen LogP contribution in [0.15, 0.2) is 47.6 Å². The van der Waals surface area contributed by atoms with Gasteiger partial charge in [-0.3, -0.25) is 9.78 Å². The molecule has 1 aromatic carbocycles. The number of aromatic nitrogens is 1. The summed E-state index contributed by atoms with van der Waals surface area (Å²) < 4.78 is 4.92. The van der Waals surface area contributed by atoms with Crippen LogP contribution in [0.1, 0.15) is 45.2 Å².